The largest absolute Gasteiger partial charge is 0.384 e. The van der Waals surface area contributed by atoms with Crippen molar-refractivity contribution in [1.29, 1.82) is 0 Å². The summed E-state index contributed by atoms with van der Waals surface area (Å²) in [6, 6.07) is 11.2. The van der Waals surface area contributed by atoms with Gasteiger partial charge in [0.1, 0.15) is 5.82 Å². The summed E-state index contributed by atoms with van der Waals surface area (Å²) in [4.78, 5) is 8.29. The fraction of sp³-hybridized carbons (Fsp3) is 0. The van der Waals surface area contributed by atoms with Crippen molar-refractivity contribution in [2.24, 2.45) is 0 Å². The number of anilines is 1. The third kappa shape index (κ3) is 1.93. The van der Waals surface area contributed by atoms with Crippen molar-refractivity contribution in [3.05, 3.63) is 55.0 Å². The molecule has 0 aromatic carbocycles. The number of hydrogen-bond acceptors (Lipinski definition) is 4. The highest BCUT2D eigenvalue weighted by Crippen LogP contribution is 2.16. The predicted octanol–water partition coefficient (Wildman–Crippen LogP) is 1.91. The molecule has 3 rings (SSSR count). The van der Waals surface area contributed by atoms with E-state index in [1.807, 2.05) is 36.5 Å². The standard InChI is InChI=1S/C13H11N5/c14-12-4-1-5-13(16-12)18-8-6-11(17-18)10-3-2-7-15-9-10/h1-9H,(H2,14,16). The van der Waals surface area contributed by atoms with Crippen molar-refractivity contribution < 1.29 is 0 Å². The maximum atomic E-state index is 5.65. The van der Waals surface area contributed by atoms with Gasteiger partial charge in [-0.3, -0.25) is 4.98 Å². The van der Waals surface area contributed by atoms with Crippen molar-refractivity contribution in [2.75, 3.05) is 5.73 Å². The molecule has 0 spiro atoms. The van der Waals surface area contributed by atoms with Crippen LogP contribution in [0.3, 0.4) is 0 Å². The van der Waals surface area contributed by atoms with Crippen LogP contribution in [0.2, 0.25) is 0 Å². The highest BCUT2D eigenvalue weighted by molar-refractivity contribution is 5.57. The molecule has 2 N–H and O–H groups in total. The summed E-state index contributed by atoms with van der Waals surface area (Å²) in [6.07, 6.45) is 5.36. The van der Waals surface area contributed by atoms with Gasteiger partial charge in [0.05, 0.1) is 5.69 Å². The van der Waals surface area contributed by atoms with E-state index < -0.39 is 0 Å². The number of rotatable bonds is 2. The molecule has 0 saturated heterocycles. The Morgan fingerprint density at radius 3 is 2.78 bits per heavy atom. The average Bonchev–Trinajstić information content (AvgIpc) is 2.89. The Morgan fingerprint density at radius 1 is 1.06 bits per heavy atom. The van der Waals surface area contributed by atoms with Gasteiger partial charge in [0, 0.05) is 24.2 Å². The summed E-state index contributed by atoms with van der Waals surface area (Å²) < 4.78 is 1.69. The van der Waals surface area contributed by atoms with Crippen LogP contribution in [0.1, 0.15) is 0 Å². The molecular formula is C13H11N5. The van der Waals surface area contributed by atoms with E-state index in [-0.39, 0.29) is 0 Å². The summed E-state index contributed by atoms with van der Waals surface area (Å²) in [5, 5.41) is 4.45. The minimum Gasteiger partial charge on any atom is -0.384 e. The van der Waals surface area contributed by atoms with Crippen molar-refractivity contribution in [3.8, 4) is 17.1 Å². The smallest absolute Gasteiger partial charge is 0.155 e. The summed E-state index contributed by atoms with van der Waals surface area (Å²) in [7, 11) is 0. The fourth-order valence-electron chi connectivity index (χ4n) is 1.69. The van der Waals surface area contributed by atoms with E-state index in [0.717, 1.165) is 11.3 Å². The Morgan fingerprint density at radius 2 is 2.00 bits per heavy atom. The summed E-state index contributed by atoms with van der Waals surface area (Å²) in [5.41, 5.74) is 7.48. The predicted molar refractivity (Wildman–Crippen MR) is 69.0 cm³/mol. The molecule has 3 aromatic rings. The zero-order valence-electron chi connectivity index (χ0n) is 9.56. The quantitative estimate of drug-likeness (QED) is 0.739. The average molecular weight is 237 g/mol. The van der Waals surface area contributed by atoms with Crippen LogP contribution in [0.25, 0.3) is 17.1 Å². The van der Waals surface area contributed by atoms with E-state index in [4.69, 9.17) is 5.73 Å². The lowest BCUT2D eigenvalue weighted by atomic mass is 10.2. The summed E-state index contributed by atoms with van der Waals surface area (Å²) in [6.45, 7) is 0. The van der Waals surface area contributed by atoms with Gasteiger partial charge < -0.3 is 5.73 Å². The van der Waals surface area contributed by atoms with Gasteiger partial charge in [-0.15, -0.1) is 0 Å². The van der Waals surface area contributed by atoms with Crippen LogP contribution in [0.15, 0.2) is 55.0 Å². The molecule has 0 aliphatic rings. The number of aromatic nitrogens is 4. The van der Waals surface area contributed by atoms with Crippen molar-refractivity contribution in [2.45, 2.75) is 0 Å². The molecule has 3 aromatic heterocycles. The number of nitrogens with zero attached hydrogens (tertiary/aromatic N) is 4. The van der Waals surface area contributed by atoms with Gasteiger partial charge in [-0.05, 0) is 30.3 Å². The summed E-state index contributed by atoms with van der Waals surface area (Å²) >= 11 is 0. The van der Waals surface area contributed by atoms with Crippen molar-refractivity contribution in [3.63, 3.8) is 0 Å². The SMILES string of the molecule is Nc1cccc(-n2ccc(-c3cccnc3)n2)n1. The highest BCUT2D eigenvalue weighted by atomic mass is 15.3. The topological polar surface area (TPSA) is 69.6 Å². The van der Waals surface area contributed by atoms with Gasteiger partial charge in [-0.1, -0.05) is 6.07 Å². The molecule has 0 atom stereocenters. The molecule has 0 fully saturated rings. The third-order valence-corrected chi connectivity index (χ3v) is 2.54. The van der Waals surface area contributed by atoms with Crippen LogP contribution >= 0.6 is 0 Å². The van der Waals surface area contributed by atoms with E-state index in [0.29, 0.717) is 11.6 Å². The Labute approximate surface area is 104 Å². The number of nitrogens with two attached hydrogens (primary N) is 1. The lowest BCUT2D eigenvalue weighted by Gasteiger charge is -2.00. The van der Waals surface area contributed by atoms with E-state index in [1.165, 1.54) is 0 Å². The van der Waals surface area contributed by atoms with Crippen LogP contribution < -0.4 is 5.73 Å². The Balaban J connectivity index is 2.00. The van der Waals surface area contributed by atoms with Gasteiger partial charge in [0.25, 0.3) is 0 Å². The molecule has 0 unspecified atom stereocenters. The lowest BCUT2D eigenvalue weighted by Crippen LogP contribution is -2.00. The molecule has 0 amide bonds. The van der Waals surface area contributed by atoms with Crippen molar-refractivity contribution in [1.82, 2.24) is 19.7 Å². The molecular weight excluding hydrogens is 226 g/mol. The maximum Gasteiger partial charge on any atom is 0.155 e. The van der Waals surface area contributed by atoms with Gasteiger partial charge in [0.2, 0.25) is 0 Å². The molecule has 0 bridgehead atoms. The molecule has 0 radical (unpaired) electrons. The molecule has 18 heavy (non-hydrogen) atoms. The highest BCUT2D eigenvalue weighted by Gasteiger charge is 2.04. The van der Waals surface area contributed by atoms with Crippen LogP contribution in [0, 0.1) is 0 Å². The first-order valence-corrected chi connectivity index (χ1v) is 5.52. The van der Waals surface area contributed by atoms with Crippen molar-refractivity contribution >= 4 is 5.82 Å². The molecule has 0 saturated carbocycles. The van der Waals surface area contributed by atoms with E-state index in [2.05, 4.69) is 15.1 Å². The Bertz CT molecular complexity index is 660. The zero-order chi connectivity index (χ0) is 12.4. The van der Waals surface area contributed by atoms with Gasteiger partial charge in [0.15, 0.2) is 5.82 Å². The van der Waals surface area contributed by atoms with E-state index in [1.54, 1.807) is 23.1 Å². The van der Waals surface area contributed by atoms with Crippen LogP contribution in [-0.4, -0.2) is 19.7 Å². The molecule has 0 aliphatic heterocycles. The number of hydrogen-bond donors (Lipinski definition) is 1. The first kappa shape index (κ1) is 10.5. The van der Waals surface area contributed by atoms with Crippen LogP contribution in [0.5, 0.6) is 0 Å². The van der Waals surface area contributed by atoms with E-state index >= 15 is 0 Å². The molecule has 88 valence electrons. The first-order valence-electron chi connectivity index (χ1n) is 5.52. The van der Waals surface area contributed by atoms with Crippen LogP contribution in [0.4, 0.5) is 5.82 Å². The fourth-order valence-corrected chi connectivity index (χ4v) is 1.69. The summed E-state index contributed by atoms with van der Waals surface area (Å²) in [5.74, 6) is 1.18. The minimum absolute atomic E-state index is 0.478. The van der Waals surface area contributed by atoms with Gasteiger partial charge in [-0.2, -0.15) is 5.10 Å². The van der Waals surface area contributed by atoms with Gasteiger partial charge >= 0.3 is 0 Å². The molecule has 5 heteroatoms. The van der Waals surface area contributed by atoms with Gasteiger partial charge in [-0.25, -0.2) is 9.67 Å². The molecule has 3 heterocycles. The monoisotopic (exact) mass is 237 g/mol. The lowest BCUT2D eigenvalue weighted by molar-refractivity contribution is 0.852. The normalized spacial score (nSPS) is 10.4. The minimum atomic E-state index is 0.478. The first-order chi connectivity index (χ1) is 8.83. The number of nitrogen functional groups attached to an aromatic ring is 1. The number of pyridine rings is 2. The second kappa shape index (κ2) is 4.29. The van der Waals surface area contributed by atoms with E-state index in [9.17, 15) is 0 Å². The molecule has 0 aliphatic carbocycles. The Kier molecular flexibility index (Phi) is 2.49. The third-order valence-electron chi connectivity index (χ3n) is 2.54. The molecule has 5 nitrogen and oxygen atoms in total. The Hall–Kier alpha value is -2.69. The maximum absolute atomic E-state index is 5.65. The van der Waals surface area contributed by atoms with Crippen LogP contribution in [-0.2, 0) is 0 Å². The second-order valence-electron chi connectivity index (χ2n) is 3.81. The zero-order valence-corrected chi connectivity index (χ0v) is 9.56. The second-order valence-corrected chi connectivity index (χ2v) is 3.81.